The molecular weight excluding hydrogens is 192 g/mol. The van der Waals surface area contributed by atoms with Crippen LogP contribution in [0.25, 0.3) is 0 Å². The molecule has 0 unspecified atom stereocenters. The van der Waals surface area contributed by atoms with E-state index in [-0.39, 0.29) is 6.42 Å². The molecule has 0 aromatic rings. The van der Waals surface area contributed by atoms with Crippen molar-refractivity contribution in [3.63, 3.8) is 0 Å². The van der Waals surface area contributed by atoms with E-state index in [1.54, 1.807) is 0 Å². The smallest absolute Gasteiger partial charge is 0.233 e. The fraction of sp³-hybridized carbons (Fsp3) is 0.857. The summed E-state index contributed by atoms with van der Waals surface area (Å²) in [6.45, 7) is 0.605. The van der Waals surface area contributed by atoms with Crippen LogP contribution >= 0.6 is 0 Å². The van der Waals surface area contributed by atoms with E-state index in [0.717, 1.165) is 19.1 Å². The number of hydrogen-bond acceptors (Lipinski definition) is 4. The second-order valence-electron chi connectivity index (χ2n) is 2.90. The molecule has 0 aliphatic rings. The van der Waals surface area contributed by atoms with Crippen molar-refractivity contribution in [2.24, 2.45) is 5.73 Å². The Bertz CT molecular complexity index is 248. The molecule has 0 aliphatic heterocycles. The monoisotopic (exact) mass is 208 g/mol. The van der Waals surface area contributed by atoms with Crippen LogP contribution in [0, 0.1) is 0 Å². The molecule has 0 aromatic carbocycles. The van der Waals surface area contributed by atoms with Crippen LogP contribution in [0.2, 0.25) is 0 Å². The molecule has 13 heavy (non-hydrogen) atoms. The van der Waals surface area contributed by atoms with Crippen molar-refractivity contribution in [2.75, 3.05) is 12.8 Å². The standard InChI is InChI=1S/C7H16N2O3S/c1-13(11,12)9-7(10)5-3-2-4-6-8/h2-6,8H2,1H3,(H,9,10). The molecule has 0 saturated carbocycles. The quantitative estimate of drug-likeness (QED) is 0.580. The minimum absolute atomic E-state index is 0.243. The van der Waals surface area contributed by atoms with E-state index in [1.165, 1.54) is 0 Å². The van der Waals surface area contributed by atoms with Gasteiger partial charge in [0, 0.05) is 6.42 Å². The molecule has 0 bridgehead atoms. The molecule has 0 rings (SSSR count). The van der Waals surface area contributed by atoms with E-state index in [9.17, 15) is 13.2 Å². The van der Waals surface area contributed by atoms with Crippen LogP contribution in [0.15, 0.2) is 0 Å². The first-order valence-corrected chi connectivity index (χ1v) is 6.05. The van der Waals surface area contributed by atoms with Crippen molar-refractivity contribution in [3.8, 4) is 0 Å². The molecule has 0 fully saturated rings. The Morgan fingerprint density at radius 2 is 1.92 bits per heavy atom. The van der Waals surface area contributed by atoms with Gasteiger partial charge in [-0.25, -0.2) is 8.42 Å². The first-order chi connectivity index (χ1) is 5.95. The largest absolute Gasteiger partial charge is 0.330 e. The minimum Gasteiger partial charge on any atom is -0.330 e. The fourth-order valence-corrected chi connectivity index (χ4v) is 1.38. The van der Waals surface area contributed by atoms with Gasteiger partial charge in [-0.3, -0.25) is 9.52 Å². The van der Waals surface area contributed by atoms with Crippen LogP contribution < -0.4 is 10.5 Å². The highest BCUT2D eigenvalue weighted by atomic mass is 32.2. The van der Waals surface area contributed by atoms with Gasteiger partial charge in [0.25, 0.3) is 0 Å². The van der Waals surface area contributed by atoms with Gasteiger partial charge >= 0.3 is 0 Å². The summed E-state index contributed by atoms with van der Waals surface area (Å²) >= 11 is 0. The summed E-state index contributed by atoms with van der Waals surface area (Å²) < 4.78 is 23.1. The van der Waals surface area contributed by atoms with Crippen molar-refractivity contribution in [1.82, 2.24) is 4.72 Å². The Balaban J connectivity index is 3.53. The highest BCUT2D eigenvalue weighted by Gasteiger charge is 2.06. The minimum atomic E-state index is -3.39. The van der Waals surface area contributed by atoms with E-state index in [2.05, 4.69) is 0 Å². The molecule has 0 radical (unpaired) electrons. The lowest BCUT2D eigenvalue weighted by Gasteiger charge is -2.01. The van der Waals surface area contributed by atoms with Gasteiger partial charge in [-0.1, -0.05) is 6.42 Å². The lowest BCUT2D eigenvalue weighted by atomic mass is 10.2. The van der Waals surface area contributed by atoms with E-state index in [0.29, 0.717) is 13.0 Å². The van der Waals surface area contributed by atoms with Crippen molar-refractivity contribution in [2.45, 2.75) is 25.7 Å². The Labute approximate surface area is 78.7 Å². The Morgan fingerprint density at radius 1 is 1.31 bits per heavy atom. The van der Waals surface area contributed by atoms with Crippen molar-refractivity contribution >= 4 is 15.9 Å². The molecule has 0 aliphatic carbocycles. The number of rotatable bonds is 6. The molecule has 0 aromatic heterocycles. The third-order valence-electron chi connectivity index (χ3n) is 1.41. The van der Waals surface area contributed by atoms with E-state index >= 15 is 0 Å². The summed E-state index contributed by atoms with van der Waals surface area (Å²) in [5.41, 5.74) is 5.25. The summed E-state index contributed by atoms with van der Waals surface area (Å²) in [6, 6.07) is 0. The van der Waals surface area contributed by atoms with Gasteiger partial charge < -0.3 is 5.73 Å². The van der Waals surface area contributed by atoms with E-state index in [4.69, 9.17) is 5.73 Å². The third-order valence-corrected chi connectivity index (χ3v) is 2.01. The highest BCUT2D eigenvalue weighted by Crippen LogP contribution is 1.98. The zero-order valence-electron chi connectivity index (χ0n) is 7.75. The van der Waals surface area contributed by atoms with Gasteiger partial charge in [-0.15, -0.1) is 0 Å². The van der Waals surface area contributed by atoms with Crippen molar-refractivity contribution in [3.05, 3.63) is 0 Å². The van der Waals surface area contributed by atoms with Gasteiger partial charge in [0.2, 0.25) is 15.9 Å². The summed E-state index contributed by atoms with van der Waals surface area (Å²) in [4.78, 5) is 10.9. The van der Waals surface area contributed by atoms with Crippen LogP contribution in [0.1, 0.15) is 25.7 Å². The highest BCUT2D eigenvalue weighted by molar-refractivity contribution is 7.89. The molecule has 3 N–H and O–H groups in total. The lowest BCUT2D eigenvalue weighted by molar-refractivity contribution is -0.119. The maximum absolute atomic E-state index is 10.9. The average Bonchev–Trinajstić information content (AvgIpc) is 1.94. The predicted octanol–water partition coefficient (Wildman–Crippen LogP) is -0.419. The average molecular weight is 208 g/mol. The molecular formula is C7H16N2O3S. The van der Waals surface area contributed by atoms with Gasteiger partial charge in [-0.2, -0.15) is 0 Å². The van der Waals surface area contributed by atoms with Crippen LogP contribution in [-0.2, 0) is 14.8 Å². The summed E-state index contributed by atoms with van der Waals surface area (Å²) in [6.07, 6.45) is 3.61. The maximum Gasteiger partial charge on any atom is 0.233 e. The lowest BCUT2D eigenvalue weighted by Crippen LogP contribution is -2.28. The number of nitrogens with one attached hydrogen (secondary N) is 1. The Hall–Kier alpha value is -0.620. The molecule has 5 nitrogen and oxygen atoms in total. The predicted molar refractivity (Wildman–Crippen MR) is 50.5 cm³/mol. The zero-order valence-corrected chi connectivity index (χ0v) is 8.56. The van der Waals surface area contributed by atoms with Gasteiger partial charge in [-0.05, 0) is 19.4 Å². The summed E-state index contributed by atoms with van der Waals surface area (Å²) in [5.74, 6) is -0.445. The van der Waals surface area contributed by atoms with Crippen LogP contribution in [0.4, 0.5) is 0 Å². The van der Waals surface area contributed by atoms with E-state index < -0.39 is 15.9 Å². The SMILES string of the molecule is CS(=O)(=O)NC(=O)CCCCCN. The first kappa shape index (κ1) is 12.4. The number of carbonyl (C=O) groups excluding carboxylic acids is 1. The second-order valence-corrected chi connectivity index (χ2v) is 4.65. The molecule has 1 amide bonds. The molecule has 0 spiro atoms. The number of hydrogen-bond donors (Lipinski definition) is 2. The maximum atomic E-state index is 10.9. The zero-order chi connectivity index (χ0) is 10.3. The molecule has 0 heterocycles. The van der Waals surface area contributed by atoms with E-state index in [1.807, 2.05) is 4.72 Å². The topological polar surface area (TPSA) is 89.3 Å². The van der Waals surface area contributed by atoms with Crippen molar-refractivity contribution < 1.29 is 13.2 Å². The van der Waals surface area contributed by atoms with Crippen LogP contribution in [0.5, 0.6) is 0 Å². The Kier molecular flexibility index (Phi) is 5.65. The second kappa shape index (κ2) is 5.93. The van der Waals surface area contributed by atoms with Gasteiger partial charge in [0.1, 0.15) is 0 Å². The molecule has 78 valence electrons. The first-order valence-electron chi connectivity index (χ1n) is 4.16. The van der Waals surface area contributed by atoms with Crippen molar-refractivity contribution in [1.29, 1.82) is 0 Å². The number of nitrogens with two attached hydrogens (primary N) is 1. The molecule has 0 atom stereocenters. The van der Waals surface area contributed by atoms with Crippen LogP contribution in [0.3, 0.4) is 0 Å². The normalized spacial score (nSPS) is 11.2. The number of amides is 1. The van der Waals surface area contributed by atoms with Gasteiger partial charge in [0.05, 0.1) is 6.26 Å². The number of carbonyl (C=O) groups is 1. The fourth-order valence-electron chi connectivity index (χ4n) is 0.864. The number of unbranched alkanes of at least 4 members (excludes halogenated alkanes) is 2. The summed E-state index contributed by atoms with van der Waals surface area (Å²) in [5, 5.41) is 0. The summed E-state index contributed by atoms with van der Waals surface area (Å²) in [7, 11) is -3.39. The Morgan fingerprint density at radius 3 is 2.38 bits per heavy atom. The molecule has 6 heteroatoms. The number of sulfonamides is 1. The van der Waals surface area contributed by atoms with Crippen LogP contribution in [-0.4, -0.2) is 27.1 Å². The molecule has 0 saturated heterocycles. The van der Waals surface area contributed by atoms with Gasteiger partial charge in [0.15, 0.2) is 0 Å². The third kappa shape index (κ3) is 9.29.